The second-order valence-electron chi connectivity index (χ2n) is 9.67. The SMILES string of the molecule is CCCc1nc(N)sc1C(=O)OCC.CCCc1nc(NC(=O)C2(c3ccc4c(c3)OCO4)CC2)sc1C(=O)OCC. The maximum Gasteiger partial charge on any atom is 0.350 e. The summed E-state index contributed by atoms with van der Waals surface area (Å²) < 4.78 is 20.8. The molecule has 0 spiro atoms. The number of amides is 1. The molecular formula is C29H36N4O7S2. The molecule has 42 heavy (non-hydrogen) atoms. The van der Waals surface area contributed by atoms with E-state index in [-0.39, 0.29) is 24.6 Å². The Morgan fingerprint density at radius 3 is 2.10 bits per heavy atom. The van der Waals surface area contributed by atoms with E-state index >= 15 is 0 Å². The zero-order valence-corrected chi connectivity index (χ0v) is 25.9. The molecule has 1 aromatic carbocycles. The topological polar surface area (TPSA) is 152 Å². The third kappa shape index (κ3) is 7.01. The van der Waals surface area contributed by atoms with Crippen LogP contribution >= 0.6 is 22.7 Å². The highest BCUT2D eigenvalue weighted by Crippen LogP contribution is 2.51. The molecule has 3 aromatic rings. The summed E-state index contributed by atoms with van der Waals surface area (Å²) in [6.07, 6.45) is 4.74. The highest BCUT2D eigenvalue weighted by atomic mass is 32.1. The van der Waals surface area contributed by atoms with Gasteiger partial charge < -0.3 is 30.0 Å². The van der Waals surface area contributed by atoms with Gasteiger partial charge in [-0.3, -0.25) is 4.79 Å². The number of fused-ring (bicyclic) bond motifs is 1. The number of thiazole rings is 2. The predicted molar refractivity (Wildman–Crippen MR) is 161 cm³/mol. The van der Waals surface area contributed by atoms with Crippen LogP contribution in [0.15, 0.2) is 18.2 Å². The average Bonchev–Trinajstić information content (AvgIpc) is 3.26. The van der Waals surface area contributed by atoms with Crippen molar-refractivity contribution >= 4 is 50.8 Å². The number of nitrogens with one attached hydrogen (secondary N) is 1. The quantitative estimate of drug-likeness (QED) is 0.263. The van der Waals surface area contributed by atoms with Crippen molar-refractivity contribution in [3.8, 4) is 11.5 Å². The first-order chi connectivity index (χ1) is 20.3. The van der Waals surface area contributed by atoms with Gasteiger partial charge in [0.05, 0.1) is 30.0 Å². The third-order valence-electron chi connectivity index (χ3n) is 6.64. The van der Waals surface area contributed by atoms with Gasteiger partial charge in [-0.15, -0.1) is 0 Å². The largest absolute Gasteiger partial charge is 0.462 e. The number of aromatic nitrogens is 2. The van der Waals surface area contributed by atoms with Crippen LogP contribution in [-0.2, 0) is 32.5 Å². The number of anilines is 2. The van der Waals surface area contributed by atoms with Gasteiger partial charge in [-0.1, -0.05) is 55.4 Å². The van der Waals surface area contributed by atoms with Gasteiger partial charge in [0.15, 0.2) is 21.8 Å². The van der Waals surface area contributed by atoms with Crippen molar-refractivity contribution in [1.82, 2.24) is 9.97 Å². The number of esters is 2. The van der Waals surface area contributed by atoms with E-state index in [1.54, 1.807) is 13.8 Å². The monoisotopic (exact) mass is 616 g/mol. The summed E-state index contributed by atoms with van der Waals surface area (Å²) in [5.41, 5.74) is 7.30. The van der Waals surface area contributed by atoms with E-state index in [0.29, 0.717) is 56.8 Å². The number of hydrogen-bond donors (Lipinski definition) is 2. The first-order valence-corrected chi connectivity index (χ1v) is 15.7. The molecule has 226 valence electrons. The minimum atomic E-state index is -0.582. The van der Waals surface area contributed by atoms with Gasteiger partial charge in [0.25, 0.3) is 0 Å². The second-order valence-corrected chi connectivity index (χ2v) is 11.7. The number of carbonyl (C=O) groups is 3. The Hall–Kier alpha value is -3.71. The van der Waals surface area contributed by atoms with Crippen molar-refractivity contribution < 1.29 is 33.3 Å². The summed E-state index contributed by atoms with van der Waals surface area (Å²) in [7, 11) is 0. The standard InChI is InChI=1S/C20H22N2O5S.C9H14N2O2S/c1-3-5-13-16(17(23)25-4-2)28-19(21-13)22-18(24)20(8-9-20)12-6-7-14-15(10-12)27-11-26-14;1-3-5-6-7(8(12)13-4-2)14-9(10)11-6/h6-7,10H,3-5,8-9,11H2,1-2H3,(H,21,22,24);3-5H2,1-2H3,(H2,10,11). The Morgan fingerprint density at radius 1 is 0.905 bits per heavy atom. The molecule has 1 aliphatic carbocycles. The Labute approximate surface area is 252 Å². The minimum absolute atomic E-state index is 0.112. The van der Waals surface area contributed by atoms with E-state index in [2.05, 4.69) is 15.3 Å². The first kappa shape index (κ1) is 31.2. The summed E-state index contributed by atoms with van der Waals surface area (Å²) in [5, 5.41) is 3.78. The second kappa shape index (κ2) is 14.0. The lowest BCUT2D eigenvalue weighted by Gasteiger charge is -2.15. The van der Waals surface area contributed by atoms with Crippen LogP contribution in [0, 0.1) is 0 Å². The lowest BCUT2D eigenvalue weighted by molar-refractivity contribution is -0.118. The fourth-order valence-electron chi connectivity index (χ4n) is 4.48. The number of ether oxygens (including phenoxy) is 4. The molecule has 1 fully saturated rings. The van der Waals surface area contributed by atoms with Crippen LogP contribution in [0.3, 0.4) is 0 Å². The maximum atomic E-state index is 13.0. The van der Waals surface area contributed by atoms with Gasteiger partial charge >= 0.3 is 11.9 Å². The molecule has 0 radical (unpaired) electrons. The van der Waals surface area contributed by atoms with E-state index in [0.717, 1.165) is 43.4 Å². The average molecular weight is 617 g/mol. The van der Waals surface area contributed by atoms with Gasteiger partial charge in [-0.2, -0.15) is 0 Å². The lowest BCUT2D eigenvalue weighted by atomic mass is 9.94. The number of hydrogen-bond acceptors (Lipinski definition) is 12. The summed E-state index contributed by atoms with van der Waals surface area (Å²) in [6, 6.07) is 5.63. The molecule has 0 unspecified atom stereocenters. The molecule has 1 amide bonds. The molecule has 1 saturated carbocycles. The molecule has 0 atom stereocenters. The summed E-state index contributed by atoms with van der Waals surface area (Å²) in [5.74, 6) is 0.549. The first-order valence-electron chi connectivity index (χ1n) is 14.1. The summed E-state index contributed by atoms with van der Waals surface area (Å²) in [6.45, 7) is 8.48. The molecule has 2 aliphatic rings. The molecule has 0 bridgehead atoms. The minimum Gasteiger partial charge on any atom is -0.462 e. The Bertz CT molecular complexity index is 1430. The van der Waals surface area contributed by atoms with Crippen molar-refractivity contribution in [3.63, 3.8) is 0 Å². The molecule has 2 aromatic heterocycles. The van der Waals surface area contributed by atoms with Crippen LogP contribution in [-0.4, -0.2) is 47.8 Å². The number of carbonyl (C=O) groups excluding carboxylic acids is 3. The van der Waals surface area contributed by atoms with Gasteiger partial charge in [0.2, 0.25) is 12.7 Å². The number of nitrogens with zero attached hydrogens (tertiary/aromatic N) is 2. The molecular weight excluding hydrogens is 580 g/mol. The van der Waals surface area contributed by atoms with Gasteiger partial charge in [0, 0.05) is 0 Å². The van der Waals surface area contributed by atoms with E-state index < -0.39 is 5.41 Å². The molecule has 0 saturated heterocycles. The van der Waals surface area contributed by atoms with Crippen molar-refractivity contribution in [2.45, 2.75) is 71.6 Å². The smallest absolute Gasteiger partial charge is 0.350 e. The van der Waals surface area contributed by atoms with Crippen LogP contribution < -0.4 is 20.5 Å². The Balaban J connectivity index is 0.000000244. The number of benzene rings is 1. The zero-order chi connectivity index (χ0) is 30.3. The zero-order valence-electron chi connectivity index (χ0n) is 24.2. The molecule has 1 aliphatic heterocycles. The van der Waals surface area contributed by atoms with Gasteiger partial charge in [0.1, 0.15) is 9.75 Å². The fourth-order valence-corrected chi connectivity index (χ4v) is 6.16. The summed E-state index contributed by atoms with van der Waals surface area (Å²) >= 11 is 2.37. The molecule has 5 rings (SSSR count). The molecule has 13 heteroatoms. The third-order valence-corrected chi connectivity index (χ3v) is 8.54. The van der Waals surface area contributed by atoms with Crippen LogP contribution in [0.2, 0.25) is 0 Å². The maximum absolute atomic E-state index is 13.0. The van der Waals surface area contributed by atoms with E-state index in [4.69, 9.17) is 24.7 Å². The molecule has 3 N–H and O–H groups in total. The van der Waals surface area contributed by atoms with Gasteiger partial charge in [-0.05, 0) is 57.2 Å². The predicted octanol–water partition coefficient (Wildman–Crippen LogP) is 5.53. The van der Waals surface area contributed by atoms with Crippen LogP contribution in [0.5, 0.6) is 11.5 Å². The van der Waals surface area contributed by atoms with Crippen molar-refractivity contribution in [3.05, 3.63) is 44.9 Å². The van der Waals surface area contributed by atoms with Crippen molar-refractivity contribution in [2.75, 3.05) is 31.1 Å². The van der Waals surface area contributed by atoms with Gasteiger partial charge in [-0.25, -0.2) is 19.6 Å². The van der Waals surface area contributed by atoms with Crippen molar-refractivity contribution in [2.24, 2.45) is 0 Å². The number of nitrogens with two attached hydrogens (primary N) is 1. The number of nitrogen functional groups attached to an aromatic ring is 1. The molecule has 11 nitrogen and oxygen atoms in total. The Kier molecular flexibility index (Phi) is 10.4. The van der Waals surface area contributed by atoms with Crippen LogP contribution in [0.4, 0.5) is 10.3 Å². The van der Waals surface area contributed by atoms with E-state index in [1.807, 2.05) is 32.0 Å². The number of aryl methyl sites for hydroxylation is 2. The fraction of sp³-hybridized carbons (Fsp3) is 0.483. The summed E-state index contributed by atoms with van der Waals surface area (Å²) in [4.78, 5) is 46.3. The molecule has 3 heterocycles. The Morgan fingerprint density at radius 2 is 1.50 bits per heavy atom. The van der Waals surface area contributed by atoms with E-state index in [9.17, 15) is 14.4 Å². The van der Waals surface area contributed by atoms with Crippen LogP contribution in [0.1, 0.15) is 89.7 Å². The van der Waals surface area contributed by atoms with Crippen molar-refractivity contribution in [1.29, 1.82) is 0 Å². The van der Waals surface area contributed by atoms with E-state index in [1.165, 1.54) is 22.7 Å². The normalized spacial score (nSPS) is 14.0. The highest BCUT2D eigenvalue weighted by Gasteiger charge is 2.52. The van der Waals surface area contributed by atoms with Crippen LogP contribution in [0.25, 0.3) is 0 Å². The highest BCUT2D eigenvalue weighted by molar-refractivity contribution is 7.18. The number of rotatable bonds is 11. The lowest BCUT2D eigenvalue weighted by Crippen LogP contribution is -2.27.